The Hall–Kier alpha value is -2.56. The standard InChI is InChI=1S/C9H7NO.C7H6O3.Cu/c11-8-5-1-3-7-4-2-6-10-9(7)8;8-6-4-2-1-3-5(6)7(9)10;/h1-6,11H;1-4,8H,(H,9,10);/q;;+2/p-2. The summed E-state index contributed by atoms with van der Waals surface area (Å²) in [6, 6.07) is 14.5. The van der Waals surface area contributed by atoms with E-state index in [4.69, 9.17) is 5.11 Å². The quantitative estimate of drug-likeness (QED) is 0.666. The Morgan fingerprint density at radius 3 is 2.27 bits per heavy atom. The van der Waals surface area contributed by atoms with E-state index in [9.17, 15) is 15.0 Å². The van der Waals surface area contributed by atoms with Gasteiger partial charge in [0.15, 0.2) is 0 Å². The second-order valence-corrected chi connectivity index (χ2v) is 4.14. The van der Waals surface area contributed by atoms with Crippen molar-refractivity contribution in [3.8, 4) is 11.5 Å². The van der Waals surface area contributed by atoms with Gasteiger partial charge in [0.25, 0.3) is 0 Å². The number of pyridine rings is 1. The van der Waals surface area contributed by atoms with Gasteiger partial charge in [0.1, 0.15) is 5.75 Å². The summed E-state index contributed by atoms with van der Waals surface area (Å²) in [5, 5.41) is 31.0. The summed E-state index contributed by atoms with van der Waals surface area (Å²) >= 11 is 0. The van der Waals surface area contributed by atoms with E-state index in [-0.39, 0.29) is 34.1 Å². The van der Waals surface area contributed by atoms with Crippen molar-refractivity contribution in [2.24, 2.45) is 0 Å². The molecule has 5 nitrogen and oxygen atoms in total. The molecule has 0 aliphatic carbocycles. The molecule has 0 saturated heterocycles. The second kappa shape index (κ2) is 8.02. The summed E-state index contributed by atoms with van der Waals surface area (Å²) in [6.45, 7) is 0. The molecule has 0 saturated carbocycles. The van der Waals surface area contributed by atoms with Gasteiger partial charge in [-0.3, -0.25) is 4.98 Å². The van der Waals surface area contributed by atoms with Crippen molar-refractivity contribution < 1.29 is 37.2 Å². The van der Waals surface area contributed by atoms with Crippen LogP contribution in [0.4, 0.5) is 0 Å². The molecule has 0 fully saturated rings. The molecule has 0 aliphatic rings. The number of hydrogen-bond acceptors (Lipinski definition) is 5. The first-order valence-electron chi connectivity index (χ1n) is 6.09. The van der Waals surface area contributed by atoms with Crippen molar-refractivity contribution in [2.75, 3.05) is 0 Å². The minimum atomic E-state index is -1.36. The van der Waals surface area contributed by atoms with Gasteiger partial charge in [0.05, 0.1) is 11.5 Å². The summed E-state index contributed by atoms with van der Waals surface area (Å²) in [5.41, 5.74) is 0.373. The maximum atomic E-state index is 11.1. The van der Waals surface area contributed by atoms with Crippen molar-refractivity contribution in [3.63, 3.8) is 0 Å². The Bertz CT molecular complexity index is 771. The number of phenols is 1. The SMILES string of the molecule is O=C([O-])c1ccccc1O.[Cu+2].[O-]c1cccc2cccnc12. The van der Waals surface area contributed by atoms with Crippen LogP contribution in [0.25, 0.3) is 10.9 Å². The van der Waals surface area contributed by atoms with Gasteiger partial charge in [-0.15, -0.1) is 0 Å². The molecule has 0 amide bonds. The number of fused-ring (bicyclic) bond motifs is 1. The molecule has 6 heteroatoms. The summed E-state index contributed by atoms with van der Waals surface area (Å²) in [5.74, 6) is -1.64. The van der Waals surface area contributed by atoms with Gasteiger partial charge in [-0.25, -0.2) is 0 Å². The van der Waals surface area contributed by atoms with Crippen molar-refractivity contribution in [1.82, 2.24) is 4.98 Å². The summed E-state index contributed by atoms with van der Waals surface area (Å²) in [6.07, 6.45) is 1.63. The van der Waals surface area contributed by atoms with Gasteiger partial charge in [0, 0.05) is 11.8 Å². The third-order valence-corrected chi connectivity index (χ3v) is 2.72. The molecule has 1 aromatic heterocycles. The van der Waals surface area contributed by atoms with Crippen LogP contribution in [0.2, 0.25) is 0 Å². The van der Waals surface area contributed by atoms with E-state index in [1.807, 2.05) is 18.2 Å². The molecule has 0 aliphatic heterocycles. The van der Waals surface area contributed by atoms with Gasteiger partial charge in [-0.1, -0.05) is 42.1 Å². The van der Waals surface area contributed by atoms with Crippen LogP contribution in [-0.4, -0.2) is 16.1 Å². The van der Waals surface area contributed by atoms with Crippen LogP contribution in [0.15, 0.2) is 60.8 Å². The number of nitrogens with zero attached hydrogens (tertiary/aromatic N) is 1. The molecule has 1 radical (unpaired) electrons. The number of aromatic nitrogens is 1. The predicted octanol–water partition coefficient (Wildman–Crippen LogP) is 1.06. The second-order valence-electron chi connectivity index (χ2n) is 4.14. The number of rotatable bonds is 1. The average Bonchev–Trinajstić information content (AvgIpc) is 2.49. The summed E-state index contributed by atoms with van der Waals surface area (Å²) < 4.78 is 0. The van der Waals surface area contributed by atoms with Gasteiger partial charge >= 0.3 is 17.1 Å². The van der Waals surface area contributed by atoms with Gasteiger partial charge in [-0.2, -0.15) is 0 Å². The molecule has 1 N–H and O–H groups in total. The number of para-hydroxylation sites is 2. The first-order chi connectivity index (χ1) is 10.1. The fourth-order valence-corrected chi connectivity index (χ4v) is 1.72. The molecule has 0 bridgehead atoms. The molecule has 22 heavy (non-hydrogen) atoms. The van der Waals surface area contributed by atoms with Crippen LogP contribution < -0.4 is 10.2 Å². The Morgan fingerprint density at radius 1 is 1.00 bits per heavy atom. The van der Waals surface area contributed by atoms with Crippen LogP contribution in [0.3, 0.4) is 0 Å². The van der Waals surface area contributed by atoms with Crippen LogP contribution in [0, 0.1) is 0 Å². The van der Waals surface area contributed by atoms with E-state index in [1.165, 1.54) is 24.3 Å². The maximum absolute atomic E-state index is 11.1. The first kappa shape index (κ1) is 17.5. The zero-order valence-corrected chi connectivity index (χ0v) is 12.1. The van der Waals surface area contributed by atoms with Crippen molar-refractivity contribution in [3.05, 3.63) is 66.4 Å². The molecule has 0 atom stereocenters. The van der Waals surface area contributed by atoms with Crippen LogP contribution in [-0.2, 0) is 17.1 Å². The van der Waals surface area contributed by atoms with E-state index in [0.717, 1.165) is 5.39 Å². The number of benzene rings is 2. The Morgan fingerprint density at radius 2 is 1.68 bits per heavy atom. The number of carboxylic acids is 1. The molecule has 3 aromatic rings. The molecule has 3 rings (SSSR count). The third-order valence-electron chi connectivity index (χ3n) is 2.72. The monoisotopic (exact) mass is 344 g/mol. The number of carbonyl (C=O) groups is 1. The Kier molecular flexibility index (Phi) is 6.38. The smallest absolute Gasteiger partial charge is 0.871 e. The molecule has 0 unspecified atom stereocenters. The molecule has 2 aromatic carbocycles. The van der Waals surface area contributed by atoms with Crippen LogP contribution in [0.5, 0.6) is 11.5 Å². The average molecular weight is 345 g/mol. The molecule has 0 spiro atoms. The Balaban J connectivity index is 0.000000212. The predicted molar refractivity (Wildman–Crippen MR) is 73.6 cm³/mol. The first-order valence-corrected chi connectivity index (χ1v) is 6.09. The van der Waals surface area contributed by atoms with Gasteiger partial charge in [0.2, 0.25) is 0 Å². The topological polar surface area (TPSA) is 96.3 Å². The van der Waals surface area contributed by atoms with Gasteiger partial charge < -0.3 is 20.1 Å². The largest absolute Gasteiger partial charge is 2.00 e. The van der Waals surface area contributed by atoms with Crippen molar-refractivity contribution in [2.45, 2.75) is 0 Å². The minimum Gasteiger partial charge on any atom is -0.871 e. The maximum Gasteiger partial charge on any atom is 2.00 e. The summed E-state index contributed by atoms with van der Waals surface area (Å²) in [7, 11) is 0. The normalized spacial score (nSPS) is 9.27. The number of hydrogen-bond donors (Lipinski definition) is 1. The van der Waals surface area contributed by atoms with E-state index in [2.05, 4.69) is 4.98 Å². The van der Waals surface area contributed by atoms with E-state index in [1.54, 1.807) is 18.3 Å². The van der Waals surface area contributed by atoms with Crippen molar-refractivity contribution in [1.29, 1.82) is 0 Å². The van der Waals surface area contributed by atoms with Gasteiger partial charge in [-0.05, 0) is 23.6 Å². The molecule has 1 heterocycles. The zero-order valence-electron chi connectivity index (χ0n) is 11.2. The van der Waals surface area contributed by atoms with E-state index < -0.39 is 5.97 Å². The number of aromatic hydroxyl groups is 1. The zero-order chi connectivity index (χ0) is 15.2. The fourth-order valence-electron chi connectivity index (χ4n) is 1.72. The Labute approximate surface area is 137 Å². The third kappa shape index (κ3) is 4.21. The van der Waals surface area contributed by atoms with Crippen molar-refractivity contribution >= 4 is 16.9 Å². The van der Waals surface area contributed by atoms with E-state index in [0.29, 0.717) is 5.52 Å². The minimum absolute atomic E-state index is 0. The summed E-state index contributed by atoms with van der Waals surface area (Å²) in [4.78, 5) is 14.1. The number of carbonyl (C=O) groups excluding carboxylic acids is 1. The molecule has 115 valence electrons. The number of aromatic carboxylic acids is 1. The van der Waals surface area contributed by atoms with Crippen LogP contribution >= 0.6 is 0 Å². The molecular weight excluding hydrogens is 334 g/mol. The van der Waals surface area contributed by atoms with E-state index >= 15 is 0 Å². The molecular formula is C16H11CuNO4. The van der Waals surface area contributed by atoms with Crippen LogP contribution in [0.1, 0.15) is 10.4 Å². The number of carboxylic acid groups (broad SMARTS) is 1. The fraction of sp³-hybridized carbons (Fsp3) is 0.